The van der Waals surface area contributed by atoms with Gasteiger partial charge in [0.2, 0.25) is 10.0 Å². The summed E-state index contributed by atoms with van der Waals surface area (Å²) in [5.41, 5.74) is 0.907. The Balaban J connectivity index is 1.81. The number of benzene rings is 2. The summed E-state index contributed by atoms with van der Waals surface area (Å²) in [6.07, 6.45) is 0.444. The third kappa shape index (κ3) is 4.79. The topological polar surface area (TPSA) is 125 Å². The lowest BCUT2D eigenvalue weighted by molar-refractivity contribution is -0.769. The minimum Gasteiger partial charge on any atom is -0.487 e. The van der Waals surface area contributed by atoms with Crippen molar-refractivity contribution in [2.75, 3.05) is 17.2 Å². The molecule has 0 fully saturated rings. The van der Waals surface area contributed by atoms with Gasteiger partial charge in [0.25, 0.3) is 5.09 Å². The van der Waals surface area contributed by atoms with Gasteiger partial charge in [-0.2, -0.15) is 0 Å². The van der Waals surface area contributed by atoms with Gasteiger partial charge in [-0.1, -0.05) is 30.3 Å². The van der Waals surface area contributed by atoms with Crippen LogP contribution in [-0.2, 0) is 26.1 Å². The fourth-order valence-electron chi connectivity index (χ4n) is 3.20. The van der Waals surface area contributed by atoms with Crippen LogP contribution in [0.5, 0.6) is 11.5 Å². The summed E-state index contributed by atoms with van der Waals surface area (Å²) in [5.74, 6) is -0.428. The monoisotopic (exact) mass is 436 g/mol. The molecule has 0 saturated carbocycles. The first-order valence-electron chi connectivity index (χ1n) is 8.99. The quantitative estimate of drug-likeness (QED) is 0.279. The molecule has 1 aliphatic rings. The second kappa shape index (κ2) is 8.57. The van der Waals surface area contributed by atoms with Gasteiger partial charge in [0.05, 0.1) is 11.9 Å². The maximum Gasteiger partial charge on any atom is 0.335 e. The van der Waals surface area contributed by atoms with Crippen molar-refractivity contribution in [3.8, 4) is 11.5 Å². The number of fused-ring (bicyclic) bond motifs is 1. The Hall–Kier alpha value is -3.34. The van der Waals surface area contributed by atoms with Gasteiger partial charge in [-0.25, -0.2) is 13.2 Å². The van der Waals surface area contributed by atoms with Crippen molar-refractivity contribution in [3.63, 3.8) is 0 Å². The Morgan fingerprint density at radius 1 is 1.23 bits per heavy atom. The zero-order chi connectivity index (χ0) is 21.9. The number of carbonyl (C=O) groups is 1. The van der Waals surface area contributed by atoms with Crippen molar-refractivity contribution in [1.29, 1.82) is 0 Å². The van der Waals surface area contributed by atoms with Gasteiger partial charge >= 0.3 is 5.97 Å². The Morgan fingerprint density at radius 3 is 2.57 bits per heavy atom. The number of sulfonamides is 1. The summed E-state index contributed by atoms with van der Waals surface area (Å²) in [7, 11) is -3.77. The highest BCUT2D eigenvalue weighted by Crippen LogP contribution is 2.36. The second-order valence-electron chi connectivity index (χ2n) is 6.70. The molecular formula is C19H20N2O8S. The largest absolute Gasteiger partial charge is 0.487 e. The molecule has 2 atom stereocenters. The Bertz CT molecular complexity index is 1040. The maximum atomic E-state index is 12.8. The molecule has 1 heterocycles. The first kappa shape index (κ1) is 21.4. The number of esters is 1. The fraction of sp³-hybridized carbons (Fsp3) is 0.316. The molecule has 30 heavy (non-hydrogen) atoms. The van der Waals surface area contributed by atoms with E-state index >= 15 is 0 Å². The van der Waals surface area contributed by atoms with E-state index in [1.54, 1.807) is 42.5 Å². The molecule has 10 nitrogen and oxygen atoms in total. The Labute approximate surface area is 173 Å². The predicted molar refractivity (Wildman–Crippen MR) is 106 cm³/mol. The molecule has 0 N–H and O–H groups in total. The van der Waals surface area contributed by atoms with Gasteiger partial charge in [0.1, 0.15) is 18.8 Å². The van der Waals surface area contributed by atoms with Gasteiger partial charge in [0, 0.05) is 12.0 Å². The lowest BCUT2D eigenvalue weighted by atomic mass is 10.0. The number of hydrogen-bond acceptors (Lipinski definition) is 8. The van der Waals surface area contributed by atoms with Gasteiger partial charge in [-0.05, 0) is 25.1 Å². The molecular weight excluding hydrogens is 416 g/mol. The molecule has 2 aromatic carbocycles. The summed E-state index contributed by atoms with van der Waals surface area (Å²) in [6, 6.07) is 11.9. The molecule has 0 amide bonds. The predicted octanol–water partition coefficient (Wildman–Crippen LogP) is 1.96. The third-order valence-electron chi connectivity index (χ3n) is 4.43. The highest BCUT2D eigenvalue weighted by atomic mass is 32.2. The third-order valence-corrected chi connectivity index (χ3v) is 5.67. The highest BCUT2D eigenvalue weighted by Gasteiger charge is 2.32. The van der Waals surface area contributed by atoms with Crippen molar-refractivity contribution in [2.24, 2.45) is 0 Å². The summed E-state index contributed by atoms with van der Waals surface area (Å²) >= 11 is 0. The molecule has 0 saturated heterocycles. The number of para-hydroxylation sites is 2. The van der Waals surface area contributed by atoms with E-state index in [-0.39, 0.29) is 24.5 Å². The van der Waals surface area contributed by atoms with Crippen LogP contribution in [-0.4, -0.2) is 44.5 Å². The van der Waals surface area contributed by atoms with Gasteiger partial charge in [0.15, 0.2) is 11.5 Å². The second-order valence-corrected chi connectivity index (χ2v) is 8.56. The van der Waals surface area contributed by atoms with E-state index in [1.165, 1.54) is 13.0 Å². The van der Waals surface area contributed by atoms with E-state index < -0.39 is 33.2 Å². The van der Waals surface area contributed by atoms with Crippen molar-refractivity contribution >= 4 is 21.7 Å². The maximum absolute atomic E-state index is 12.8. The van der Waals surface area contributed by atoms with Gasteiger partial charge in [-0.3, -0.25) is 4.31 Å². The van der Waals surface area contributed by atoms with Crippen LogP contribution in [0.25, 0.3) is 0 Å². The van der Waals surface area contributed by atoms with E-state index in [4.69, 9.17) is 9.47 Å². The highest BCUT2D eigenvalue weighted by molar-refractivity contribution is 7.92. The van der Waals surface area contributed by atoms with E-state index in [0.717, 1.165) is 10.6 Å². The van der Waals surface area contributed by atoms with Crippen LogP contribution in [0.2, 0.25) is 0 Å². The van der Waals surface area contributed by atoms with Crippen LogP contribution in [0.4, 0.5) is 5.69 Å². The van der Waals surface area contributed by atoms with Crippen LogP contribution in [0.15, 0.2) is 48.5 Å². The smallest absolute Gasteiger partial charge is 0.335 e. The number of anilines is 1. The first-order chi connectivity index (χ1) is 14.2. The van der Waals surface area contributed by atoms with Crippen LogP contribution in [0.1, 0.15) is 12.5 Å². The zero-order valence-corrected chi connectivity index (χ0v) is 17.1. The normalized spacial score (nSPS) is 16.5. The molecule has 1 aliphatic heterocycles. The average Bonchev–Trinajstić information content (AvgIpc) is 2.67. The zero-order valence-electron chi connectivity index (χ0n) is 16.3. The average molecular weight is 436 g/mol. The molecule has 11 heteroatoms. The molecule has 0 spiro atoms. The lowest BCUT2D eigenvalue weighted by Gasteiger charge is -2.28. The van der Waals surface area contributed by atoms with Crippen LogP contribution >= 0.6 is 0 Å². The number of ether oxygens (including phenoxy) is 2. The molecule has 0 radical (unpaired) electrons. The number of rotatable bonds is 7. The first-order valence-corrected chi connectivity index (χ1v) is 10.8. The summed E-state index contributed by atoms with van der Waals surface area (Å²) in [6.45, 7) is 1.34. The van der Waals surface area contributed by atoms with E-state index in [0.29, 0.717) is 11.3 Å². The Kier molecular flexibility index (Phi) is 6.11. The standard InChI is InChI=1S/C19H20N2O8S/c1-13(20(30(2,25)26)15-8-4-3-5-9-15)19(22)28-17-10-6-7-14-11-16(29-21(23)24)12-27-18(14)17/h3-10,13,16H,11-12H2,1-2H3/t13-,16+/m0/s1. The molecule has 3 rings (SSSR count). The summed E-state index contributed by atoms with van der Waals surface area (Å²) in [5, 5.41) is 9.65. The van der Waals surface area contributed by atoms with Crippen molar-refractivity contribution in [1.82, 2.24) is 0 Å². The SMILES string of the molecule is C[C@@H](C(=O)Oc1cccc2c1OC[C@H](O[N+](=O)[O-])C2)N(c1ccccc1)S(C)(=O)=O. The minimum atomic E-state index is -3.77. The molecule has 2 aromatic rings. The van der Waals surface area contributed by atoms with Crippen molar-refractivity contribution < 1.29 is 32.6 Å². The van der Waals surface area contributed by atoms with Crippen LogP contribution in [0, 0.1) is 10.1 Å². The number of carbonyl (C=O) groups excluding carboxylic acids is 1. The summed E-state index contributed by atoms with van der Waals surface area (Å²) in [4.78, 5) is 27.8. The van der Waals surface area contributed by atoms with Crippen LogP contribution in [0.3, 0.4) is 0 Å². The fourth-order valence-corrected chi connectivity index (χ4v) is 4.37. The molecule has 0 bridgehead atoms. The lowest BCUT2D eigenvalue weighted by Crippen LogP contribution is -2.44. The van der Waals surface area contributed by atoms with E-state index in [1.807, 2.05) is 0 Å². The number of nitrogens with zero attached hydrogens (tertiary/aromatic N) is 2. The molecule has 0 aromatic heterocycles. The summed E-state index contributed by atoms with van der Waals surface area (Å²) < 4.78 is 36.6. The van der Waals surface area contributed by atoms with Crippen molar-refractivity contribution in [3.05, 3.63) is 64.2 Å². The van der Waals surface area contributed by atoms with Gasteiger partial charge < -0.3 is 14.3 Å². The Morgan fingerprint density at radius 2 is 1.93 bits per heavy atom. The van der Waals surface area contributed by atoms with Gasteiger partial charge in [-0.15, -0.1) is 10.1 Å². The van der Waals surface area contributed by atoms with E-state index in [9.17, 15) is 23.3 Å². The molecule has 160 valence electrons. The van der Waals surface area contributed by atoms with E-state index in [2.05, 4.69) is 4.84 Å². The number of hydrogen-bond donors (Lipinski definition) is 0. The molecule has 0 aliphatic carbocycles. The van der Waals surface area contributed by atoms with Crippen LogP contribution < -0.4 is 13.8 Å². The minimum absolute atomic E-state index is 0.0857. The van der Waals surface area contributed by atoms with Crippen molar-refractivity contribution in [2.45, 2.75) is 25.5 Å². The molecule has 0 unspecified atom stereocenters.